The second-order valence-electron chi connectivity index (χ2n) is 1.29. The fourth-order valence-corrected chi connectivity index (χ4v) is 0.915. The van der Waals surface area contributed by atoms with Gasteiger partial charge in [-0.05, 0) is 0 Å². The van der Waals surface area contributed by atoms with Gasteiger partial charge in [-0.3, -0.25) is 0 Å². The summed E-state index contributed by atoms with van der Waals surface area (Å²) in [7, 11) is 0. The Hall–Kier alpha value is -0.450. The molecule has 3 nitrogen and oxygen atoms in total. The summed E-state index contributed by atoms with van der Waals surface area (Å²) < 4.78 is 0. The number of aromatic nitrogens is 1. The first-order chi connectivity index (χ1) is 3.80. The lowest BCUT2D eigenvalue weighted by Gasteiger charge is -1.93. The molecule has 0 spiro atoms. The molecule has 0 aliphatic carbocycles. The molecule has 1 aromatic rings. The Labute approximate surface area is 50.2 Å². The van der Waals surface area contributed by atoms with Crippen LogP contribution in [0.25, 0.3) is 0 Å². The van der Waals surface area contributed by atoms with Crippen LogP contribution in [-0.4, -0.2) is 15.2 Å². The van der Waals surface area contributed by atoms with E-state index in [2.05, 4.69) is 4.98 Å². The minimum absolute atomic E-state index is 0.315. The van der Waals surface area contributed by atoms with Crippen molar-refractivity contribution in [1.82, 2.24) is 4.98 Å². The van der Waals surface area contributed by atoms with Crippen LogP contribution in [-0.2, 0) is 0 Å². The van der Waals surface area contributed by atoms with E-state index >= 15 is 0 Å². The van der Waals surface area contributed by atoms with E-state index in [4.69, 9.17) is 10.2 Å². The molecule has 0 saturated heterocycles. The van der Waals surface area contributed by atoms with E-state index in [0.717, 1.165) is 0 Å². The van der Waals surface area contributed by atoms with Crippen molar-refractivity contribution in [3.05, 3.63) is 16.6 Å². The number of hydrogen-bond donors (Lipinski definition) is 2. The van der Waals surface area contributed by atoms with Crippen molar-refractivity contribution in [2.75, 3.05) is 0 Å². The molecule has 0 fully saturated rings. The average Bonchev–Trinajstić information content (AvgIpc) is 2.12. The van der Waals surface area contributed by atoms with Gasteiger partial charge in [-0.2, -0.15) is 0 Å². The predicted octanol–water partition coefficient (Wildman–Crippen LogP) is 0.126. The standard InChI is InChI=1S/C4H5NO2S/c6-4(7)3-1-8-2-5-3/h1-2,4,6-7H. The first-order valence-electron chi connectivity index (χ1n) is 2.05. The number of hydrogen-bond acceptors (Lipinski definition) is 4. The first kappa shape index (κ1) is 5.68. The monoisotopic (exact) mass is 131 g/mol. The minimum atomic E-state index is -1.42. The molecule has 1 aromatic heterocycles. The van der Waals surface area contributed by atoms with Crippen LogP contribution in [0.2, 0.25) is 0 Å². The molecule has 0 aliphatic heterocycles. The van der Waals surface area contributed by atoms with Crippen LogP contribution < -0.4 is 0 Å². The Morgan fingerprint density at radius 3 is 2.62 bits per heavy atom. The Morgan fingerprint density at radius 1 is 1.62 bits per heavy atom. The van der Waals surface area contributed by atoms with Crippen molar-refractivity contribution in [3.63, 3.8) is 0 Å². The second-order valence-corrected chi connectivity index (χ2v) is 2.01. The van der Waals surface area contributed by atoms with Crippen molar-refractivity contribution in [3.8, 4) is 0 Å². The van der Waals surface area contributed by atoms with Gasteiger partial charge in [0.1, 0.15) is 5.69 Å². The molecule has 0 unspecified atom stereocenters. The fourth-order valence-electron chi connectivity index (χ4n) is 0.349. The number of aliphatic hydroxyl groups is 2. The summed E-state index contributed by atoms with van der Waals surface area (Å²) in [6, 6.07) is 0. The van der Waals surface area contributed by atoms with E-state index < -0.39 is 6.29 Å². The van der Waals surface area contributed by atoms with Crippen LogP contribution >= 0.6 is 11.3 Å². The summed E-state index contributed by atoms with van der Waals surface area (Å²) in [4.78, 5) is 3.63. The number of rotatable bonds is 1. The Kier molecular flexibility index (Phi) is 1.57. The maximum Gasteiger partial charge on any atom is 0.196 e. The average molecular weight is 131 g/mol. The van der Waals surface area contributed by atoms with Crippen molar-refractivity contribution in [2.45, 2.75) is 6.29 Å². The van der Waals surface area contributed by atoms with E-state index in [1.165, 1.54) is 11.3 Å². The topological polar surface area (TPSA) is 53.4 Å². The van der Waals surface area contributed by atoms with Crippen LogP contribution in [0.5, 0.6) is 0 Å². The molecule has 0 aromatic carbocycles. The SMILES string of the molecule is OC(O)c1cscn1. The van der Waals surface area contributed by atoms with E-state index in [0.29, 0.717) is 5.69 Å². The smallest absolute Gasteiger partial charge is 0.196 e. The third kappa shape index (κ3) is 1.03. The van der Waals surface area contributed by atoms with Crippen molar-refractivity contribution in [2.24, 2.45) is 0 Å². The lowest BCUT2D eigenvalue weighted by atomic mass is 10.5. The zero-order chi connectivity index (χ0) is 5.98. The summed E-state index contributed by atoms with van der Waals surface area (Å²) in [6.45, 7) is 0. The molecule has 44 valence electrons. The van der Waals surface area contributed by atoms with Crippen LogP contribution in [0.1, 0.15) is 12.0 Å². The molecule has 1 heterocycles. The Balaban J connectivity index is 2.77. The van der Waals surface area contributed by atoms with Crippen molar-refractivity contribution in [1.29, 1.82) is 0 Å². The van der Waals surface area contributed by atoms with Gasteiger partial charge in [0, 0.05) is 5.38 Å². The van der Waals surface area contributed by atoms with Crippen LogP contribution in [0.3, 0.4) is 0 Å². The largest absolute Gasteiger partial charge is 0.363 e. The van der Waals surface area contributed by atoms with Gasteiger partial charge < -0.3 is 10.2 Å². The van der Waals surface area contributed by atoms with Gasteiger partial charge in [-0.1, -0.05) is 0 Å². The number of thiazole rings is 1. The van der Waals surface area contributed by atoms with Gasteiger partial charge in [-0.15, -0.1) is 11.3 Å². The van der Waals surface area contributed by atoms with Gasteiger partial charge in [0.15, 0.2) is 6.29 Å². The quantitative estimate of drug-likeness (QED) is 0.532. The Morgan fingerprint density at radius 2 is 2.38 bits per heavy atom. The lowest BCUT2D eigenvalue weighted by molar-refractivity contribution is -0.0453. The third-order valence-corrected chi connectivity index (χ3v) is 1.32. The number of nitrogens with zero attached hydrogens (tertiary/aromatic N) is 1. The molecule has 0 radical (unpaired) electrons. The van der Waals surface area contributed by atoms with Gasteiger partial charge in [0.25, 0.3) is 0 Å². The summed E-state index contributed by atoms with van der Waals surface area (Å²) in [5.41, 5.74) is 1.87. The number of aliphatic hydroxyl groups excluding tert-OH is 1. The summed E-state index contributed by atoms with van der Waals surface area (Å²) in [5, 5.41) is 18.4. The molecule has 0 bridgehead atoms. The van der Waals surface area contributed by atoms with Crippen molar-refractivity contribution >= 4 is 11.3 Å². The first-order valence-corrected chi connectivity index (χ1v) is 2.99. The Bertz CT molecular complexity index is 149. The lowest BCUT2D eigenvalue weighted by Crippen LogP contribution is -1.92. The van der Waals surface area contributed by atoms with Gasteiger partial charge >= 0.3 is 0 Å². The van der Waals surface area contributed by atoms with Gasteiger partial charge in [0.05, 0.1) is 5.51 Å². The van der Waals surface area contributed by atoms with E-state index in [-0.39, 0.29) is 0 Å². The van der Waals surface area contributed by atoms with Gasteiger partial charge in [-0.25, -0.2) is 4.98 Å². The van der Waals surface area contributed by atoms with E-state index in [9.17, 15) is 0 Å². The fraction of sp³-hybridized carbons (Fsp3) is 0.250. The highest BCUT2D eigenvalue weighted by atomic mass is 32.1. The van der Waals surface area contributed by atoms with Crippen LogP contribution in [0.4, 0.5) is 0 Å². The molecule has 8 heavy (non-hydrogen) atoms. The molecular formula is C4H5NO2S. The predicted molar refractivity (Wildman–Crippen MR) is 29.3 cm³/mol. The minimum Gasteiger partial charge on any atom is -0.363 e. The van der Waals surface area contributed by atoms with E-state index in [1.54, 1.807) is 10.9 Å². The maximum atomic E-state index is 8.41. The second kappa shape index (κ2) is 2.21. The van der Waals surface area contributed by atoms with Crippen LogP contribution in [0, 0.1) is 0 Å². The highest BCUT2D eigenvalue weighted by Gasteiger charge is 2.01. The van der Waals surface area contributed by atoms with Crippen molar-refractivity contribution < 1.29 is 10.2 Å². The maximum absolute atomic E-state index is 8.41. The zero-order valence-corrected chi connectivity index (χ0v) is 4.80. The third-order valence-electron chi connectivity index (χ3n) is 0.716. The summed E-state index contributed by atoms with van der Waals surface area (Å²) >= 11 is 1.34. The molecule has 4 heteroatoms. The highest BCUT2D eigenvalue weighted by molar-refractivity contribution is 7.07. The molecule has 0 atom stereocenters. The van der Waals surface area contributed by atoms with Gasteiger partial charge in [0.2, 0.25) is 0 Å². The molecule has 0 amide bonds. The normalized spacial score (nSPS) is 10.4. The zero-order valence-electron chi connectivity index (χ0n) is 3.98. The van der Waals surface area contributed by atoms with E-state index in [1.807, 2.05) is 0 Å². The summed E-state index contributed by atoms with van der Waals surface area (Å²) in [5.74, 6) is 0. The molecular weight excluding hydrogens is 126 g/mol. The van der Waals surface area contributed by atoms with Crippen LogP contribution in [0.15, 0.2) is 10.9 Å². The summed E-state index contributed by atoms with van der Waals surface area (Å²) in [6.07, 6.45) is -1.42. The molecule has 1 rings (SSSR count). The molecule has 0 aliphatic rings. The highest BCUT2D eigenvalue weighted by Crippen LogP contribution is 2.07. The molecule has 0 saturated carbocycles. The molecule has 2 N–H and O–H groups in total.